The maximum Gasteiger partial charge on any atom is 0.146 e. The molecule has 3 aromatic rings. The van der Waals surface area contributed by atoms with Crippen LogP contribution < -0.4 is 4.90 Å². The number of rotatable bonds is 3. The summed E-state index contributed by atoms with van der Waals surface area (Å²) < 4.78 is 0. The lowest BCUT2D eigenvalue weighted by Crippen LogP contribution is -2.46. The Labute approximate surface area is 147 Å². The summed E-state index contributed by atoms with van der Waals surface area (Å²) >= 11 is 0. The first-order valence-electron chi connectivity index (χ1n) is 8.64. The highest BCUT2D eigenvalue weighted by atomic mass is 15.3. The van der Waals surface area contributed by atoms with E-state index in [1.54, 1.807) is 6.20 Å². The van der Waals surface area contributed by atoms with E-state index in [2.05, 4.69) is 63.3 Å². The fraction of sp³-hybridized carbons (Fsp3) is 0.238. The van der Waals surface area contributed by atoms with Crippen LogP contribution in [0.1, 0.15) is 11.1 Å². The van der Waals surface area contributed by atoms with Gasteiger partial charge in [-0.05, 0) is 28.5 Å². The molecule has 2 heterocycles. The average molecular weight is 328 g/mol. The summed E-state index contributed by atoms with van der Waals surface area (Å²) in [7, 11) is 0. The smallest absolute Gasteiger partial charge is 0.146 e. The molecule has 0 spiro atoms. The number of aromatic nitrogens is 1. The van der Waals surface area contributed by atoms with Crippen molar-refractivity contribution in [3.8, 4) is 6.07 Å². The van der Waals surface area contributed by atoms with Crippen molar-refractivity contribution >= 4 is 16.6 Å². The van der Waals surface area contributed by atoms with E-state index in [-0.39, 0.29) is 0 Å². The quantitative estimate of drug-likeness (QED) is 0.739. The third-order valence-electron chi connectivity index (χ3n) is 4.85. The van der Waals surface area contributed by atoms with Crippen LogP contribution in [0.2, 0.25) is 0 Å². The molecule has 0 atom stereocenters. The molecule has 25 heavy (non-hydrogen) atoms. The third kappa shape index (κ3) is 3.19. The molecule has 0 N–H and O–H groups in total. The molecule has 1 aliphatic rings. The molecule has 0 unspecified atom stereocenters. The van der Waals surface area contributed by atoms with E-state index in [1.807, 2.05) is 12.1 Å². The Kier molecular flexibility index (Phi) is 4.32. The lowest BCUT2D eigenvalue weighted by molar-refractivity contribution is 0.250. The zero-order valence-corrected chi connectivity index (χ0v) is 14.1. The Morgan fingerprint density at radius 1 is 0.920 bits per heavy atom. The van der Waals surface area contributed by atoms with Gasteiger partial charge in [0.05, 0.1) is 5.56 Å². The first kappa shape index (κ1) is 15.6. The van der Waals surface area contributed by atoms with Crippen molar-refractivity contribution in [2.75, 3.05) is 31.1 Å². The topological polar surface area (TPSA) is 43.2 Å². The van der Waals surface area contributed by atoms with Crippen molar-refractivity contribution in [3.63, 3.8) is 0 Å². The molecule has 0 aliphatic carbocycles. The molecule has 0 amide bonds. The second-order valence-electron chi connectivity index (χ2n) is 6.39. The van der Waals surface area contributed by atoms with Gasteiger partial charge in [-0.25, -0.2) is 4.98 Å². The van der Waals surface area contributed by atoms with Crippen LogP contribution in [0, 0.1) is 11.3 Å². The third-order valence-corrected chi connectivity index (χ3v) is 4.85. The second kappa shape index (κ2) is 6.92. The fourth-order valence-electron chi connectivity index (χ4n) is 3.53. The van der Waals surface area contributed by atoms with Gasteiger partial charge in [-0.2, -0.15) is 5.26 Å². The molecular weight excluding hydrogens is 308 g/mol. The molecular formula is C21H20N4. The summed E-state index contributed by atoms with van der Waals surface area (Å²) in [5.74, 6) is 0.815. The van der Waals surface area contributed by atoms with Crippen LogP contribution in [0.3, 0.4) is 0 Å². The number of hydrogen-bond acceptors (Lipinski definition) is 4. The summed E-state index contributed by atoms with van der Waals surface area (Å²) in [4.78, 5) is 9.11. The first-order valence-corrected chi connectivity index (χ1v) is 8.64. The van der Waals surface area contributed by atoms with Crippen LogP contribution in [-0.4, -0.2) is 36.1 Å². The lowest BCUT2D eigenvalue weighted by Gasteiger charge is -2.35. The van der Waals surface area contributed by atoms with E-state index in [4.69, 9.17) is 0 Å². The van der Waals surface area contributed by atoms with Gasteiger partial charge in [0.25, 0.3) is 0 Å². The SMILES string of the molecule is N#Cc1cccnc1N1CCN(Cc2cccc3ccccc23)CC1. The standard InChI is InChI=1S/C21H20N4/c22-15-18-8-4-10-23-21(18)25-13-11-24(12-14-25)16-19-7-3-6-17-5-1-2-9-20(17)19/h1-10H,11-14,16H2. The molecule has 1 aromatic heterocycles. The number of piperazine rings is 1. The van der Waals surface area contributed by atoms with Crippen molar-refractivity contribution in [1.29, 1.82) is 5.26 Å². The van der Waals surface area contributed by atoms with Gasteiger partial charge in [0.15, 0.2) is 0 Å². The van der Waals surface area contributed by atoms with E-state index in [1.165, 1.54) is 16.3 Å². The number of hydrogen-bond donors (Lipinski definition) is 0. The van der Waals surface area contributed by atoms with Gasteiger partial charge in [0.1, 0.15) is 11.9 Å². The Bertz CT molecular complexity index is 915. The lowest BCUT2D eigenvalue weighted by atomic mass is 10.0. The first-order chi connectivity index (χ1) is 12.3. The molecule has 1 saturated heterocycles. The minimum atomic E-state index is 0.657. The molecule has 4 heteroatoms. The number of fused-ring (bicyclic) bond motifs is 1. The van der Waals surface area contributed by atoms with E-state index in [0.717, 1.165) is 38.5 Å². The van der Waals surface area contributed by atoms with Crippen LogP contribution in [0.4, 0.5) is 5.82 Å². The van der Waals surface area contributed by atoms with Gasteiger partial charge < -0.3 is 4.90 Å². The normalized spacial score (nSPS) is 15.2. The van der Waals surface area contributed by atoms with Crippen molar-refractivity contribution < 1.29 is 0 Å². The summed E-state index contributed by atoms with van der Waals surface area (Å²) in [6.07, 6.45) is 1.76. The minimum Gasteiger partial charge on any atom is -0.353 e. The predicted molar refractivity (Wildman–Crippen MR) is 100 cm³/mol. The van der Waals surface area contributed by atoms with Gasteiger partial charge in [-0.1, -0.05) is 42.5 Å². The Hall–Kier alpha value is -2.90. The summed E-state index contributed by atoms with van der Waals surface area (Å²) in [6, 6.07) is 21.0. The van der Waals surface area contributed by atoms with Crippen LogP contribution in [0.25, 0.3) is 10.8 Å². The van der Waals surface area contributed by atoms with Crippen molar-refractivity contribution in [2.45, 2.75) is 6.54 Å². The number of nitriles is 1. The predicted octanol–water partition coefficient (Wildman–Crippen LogP) is 3.43. The average Bonchev–Trinajstić information content (AvgIpc) is 2.69. The van der Waals surface area contributed by atoms with Gasteiger partial charge in [-0.3, -0.25) is 4.90 Å². The van der Waals surface area contributed by atoms with Crippen LogP contribution in [-0.2, 0) is 6.54 Å². The highest BCUT2D eigenvalue weighted by molar-refractivity contribution is 5.85. The van der Waals surface area contributed by atoms with Gasteiger partial charge in [0, 0.05) is 38.9 Å². The van der Waals surface area contributed by atoms with Gasteiger partial charge >= 0.3 is 0 Å². The molecule has 2 aromatic carbocycles. The molecule has 1 fully saturated rings. The maximum absolute atomic E-state index is 9.27. The Morgan fingerprint density at radius 3 is 2.56 bits per heavy atom. The highest BCUT2D eigenvalue weighted by Gasteiger charge is 2.20. The number of anilines is 1. The van der Waals surface area contributed by atoms with E-state index >= 15 is 0 Å². The molecule has 0 bridgehead atoms. The molecule has 0 radical (unpaired) electrons. The van der Waals surface area contributed by atoms with Crippen molar-refractivity contribution in [1.82, 2.24) is 9.88 Å². The number of benzene rings is 2. The molecule has 124 valence electrons. The second-order valence-corrected chi connectivity index (χ2v) is 6.39. The molecule has 0 saturated carbocycles. The monoisotopic (exact) mass is 328 g/mol. The van der Waals surface area contributed by atoms with Crippen LogP contribution in [0.15, 0.2) is 60.8 Å². The largest absolute Gasteiger partial charge is 0.353 e. The van der Waals surface area contributed by atoms with Gasteiger partial charge in [0.2, 0.25) is 0 Å². The Morgan fingerprint density at radius 2 is 1.72 bits per heavy atom. The van der Waals surface area contributed by atoms with E-state index in [0.29, 0.717) is 5.56 Å². The fourth-order valence-corrected chi connectivity index (χ4v) is 3.53. The highest BCUT2D eigenvalue weighted by Crippen LogP contribution is 2.22. The maximum atomic E-state index is 9.27. The van der Waals surface area contributed by atoms with E-state index in [9.17, 15) is 5.26 Å². The summed E-state index contributed by atoms with van der Waals surface area (Å²) in [6.45, 7) is 4.71. The summed E-state index contributed by atoms with van der Waals surface area (Å²) in [5, 5.41) is 11.9. The van der Waals surface area contributed by atoms with Crippen LogP contribution in [0.5, 0.6) is 0 Å². The van der Waals surface area contributed by atoms with E-state index < -0.39 is 0 Å². The van der Waals surface area contributed by atoms with Crippen molar-refractivity contribution in [2.24, 2.45) is 0 Å². The van der Waals surface area contributed by atoms with Gasteiger partial charge in [-0.15, -0.1) is 0 Å². The van der Waals surface area contributed by atoms with Crippen molar-refractivity contribution in [3.05, 3.63) is 71.9 Å². The molecule has 1 aliphatic heterocycles. The minimum absolute atomic E-state index is 0.657. The molecule has 4 nitrogen and oxygen atoms in total. The summed E-state index contributed by atoms with van der Waals surface area (Å²) in [5.41, 5.74) is 2.03. The number of nitrogens with zero attached hydrogens (tertiary/aromatic N) is 4. The molecule has 4 rings (SSSR count). The zero-order chi connectivity index (χ0) is 17.1. The number of pyridine rings is 1. The zero-order valence-electron chi connectivity index (χ0n) is 14.1. The Balaban J connectivity index is 1.46. The van der Waals surface area contributed by atoms with Crippen LogP contribution >= 0.6 is 0 Å².